The van der Waals surface area contributed by atoms with E-state index in [1.54, 1.807) is 7.05 Å². The number of nitrogens with one attached hydrogen (secondary N) is 2. The first-order valence-electron chi connectivity index (χ1n) is 10.6. The molecule has 1 aliphatic heterocycles. The molecule has 0 atom stereocenters. The Balaban J connectivity index is 0.00000320. The van der Waals surface area contributed by atoms with Crippen molar-refractivity contribution in [1.82, 2.24) is 15.6 Å². The first kappa shape index (κ1) is 24.2. The van der Waals surface area contributed by atoms with Gasteiger partial charge in [0.25, 0.3) is 0 Å². The highest BCUT2D eigenvalue weighted by Crippen LogP contribution is 2.21. The summed E-state index contributed by atoms with van der Waals surface area (Å²) in [4.78, 5) is 11.3. The number of para-hydroxylation sites is 1. The summed E-state index contributed by atoms with van der Waals surface area (Å²) in [5.74, 6) is 3.62. The number of hydrogen-bond acceptors (Lipinski definition) is 4. The third-order valence-corrected chi connectivity index (χ3v) is 5.23. The van der Waals surface area contributed by atoms with Gasteiger partial charge in [-0.3, -0.25) is 4.99 Å². The second-order valence-electron chi connectivity index (χ2n) is 7.56. The lowest BCUT2D eigenvalue weighted by atomic mass is 9.99. The maximum absolute atomic E-state index is 5.71. The van der Waals surface area contributed by atoms with Gasteiger partial charge in [-0.15, -0.1) is 24.0 Å². The monoisotopic (exact) mass is 523 g/mol. The molecule has 0 unspecified atom stereocenters. The Morgan fingerprint density at radius 3 is 2.57 bits per heavy atom. The van der Waals surface area contributed by atoms with Gasteiger partial charge in [0.15, 0.2) is 5.96 Å². The Morgan fingerprint density at radius 2 is 1.90 bits per heavy atom. The number of rotatable bonds is 8. The molecule has 1 aromatic carbocycles. The maximum atomic E-state index is 5.71. The molecule has 0 aliphatic carbocycles. The topological polar surface area (TPSA) is 61.8 Å². The number of aromatic nitrogens is 1. The van der Waals surface area contributed by atoms with E-state index in [-0.39, 0.29) is 24.0 Å². The molecule has 0 spiro atoms. The summed E-state index contributed by atoms with van der Waals surface area (Å²) in [6.45, 7) is 6.72. The smallest absolute Gasteiger partial charge is 0.191 e. The van der Waals surface area contributed by atoms with Crippen molar-refractivity contribution in [3.8, 4) is 5.75 Å². The number of benzene rings is 1. The molecule has 0 saturated carbocycles. The molecule has 1 aliphatic rings. The molecule has 1 fully saturated rings. The predicted molar refractivity (Wildman–Crippen MR) is 135 cm³/mol. The fraction of sp³-hybridized carbons (Fsp3) is 0.478. The second-order valence-corrected chi connectivity index (χ2v) is 7.56. The molecule has 164 valence electrons. The molecule has 30 heavy (non-hydrogen) atoms. The number of piperidine rings is 1. The van der Waals surface area contributed by atoms with Gasteiger partial charge in [0.1, 0.15) is 11.6 Å². The van der Waals surface area contributed by atoms with Gasteiger partial charge in [-0.1, -0.05) is 31.2 Å². The van der Waals surface area contributed by atoms with Crippen LogP contribution in [0.5, 0.6) is 5.75 Å². The van der Waals surface area contributed by atoms with E-state index in [4.69, 9.17) is 4.74 Å². The zero-order valence-electron chi connectivity index (χ0n) is 18.0. The van der Waals surface area contributed by atoms with Crippen molar-refractivity contribution >= 4 is 35.8 Å². The molecule has 2 aromatic rings. The largest absolute Gasteiger partial charge is 0.494 e. The lowest BCUT2D eigenvalue weighted by Gasteiger charge is -2.31. The van der Waals surface area contributed by atoms with Crippen molar-refractivity contribution in [3.63, 3.8) is 0 Å². The molecule has 6 nitrogen and oxygen atoms in total. The number of guanidine groups is 1. The van der Waals surface area contributed by atoms with E-state index >= 15 is 0 Å². The summed E-state index contributed by atoms with van der Waals surface area (Å²) >= 11 is 0. The van der Waals surface area contributed by atoms with Crippen LogP contribution in [0, 0.1) is 5.92 Å². The van der Waals surface area contributed by atoms with E-state index in [1.165, 1.54) is 12.8 Å². The Hall–Kier alpha value is -2.03. The van der Waals surface area contributed by atoms with Gasteiger partial charge in [0, 0.05) is 39.4 Å². The average Bonchev–Trinajstić information content (AvgIpc) is 2.77. The van der Waals surface area contributed by atoms with Crippen molar-refractivity contribution in [3.05, 3.63) is 54.2 Å². The molecule has 0 amide bonds. The molecule has 3 rings (SSSR count). The molecule has 0 radical (unpaired) electrons. The van der Waals surface area contributed by atoms with Crippen molar-refractivity contribution in [1.29, 1.82) is 0 Å². The standard InChI is InChI=1S/C23H33N5O.HI/c1-19-11-14-28(15-12-19)22-10-9-20(17-26-22)18-27-23(24-2)25-13-6-16-29-21-7-4-3-5-8-21;/h3-5,7-10,17,19H,6,11-16,18H2,1-2H3,(H2,24,25,27);1H. The van der Waals surface area contributed by atoms with E-state index in [0.29, 0.717) is 13.2 Å². The molecule has 2 N–H and O–H groups in total. The second kappa shape index (κ2) is 13.3. The number of aliphatic imine (C=N–C) groups is 1. The minimum absolute atomic E-state index is 0. The van der Waals surface area contributed by atoms with Crippen molar-refractivity contribution in [2.24, 2.45) is 10.9 Å². The highest BCUT2D eigenvalue weighted by molar-refractivity contribution is 14.0. The number of pyridine rings is 1. The van der Waals surface area contributed by atoms with Gasteiger partial charge < -0.3 is 20.3 Å². The van der Waals surface area contributed by atoms with Crippen LogP contribution in [-0.2, 0) is 6.54 Å². The number of anilines is 1. The first-order valence-corrected chi connectivity index (χ1v) is 10.6. The lowest BCUT2D eigenvalue weighted by molar-refractivity contribution is 0.311. The zero-order chi connectivity index (χ0) is 20.3. The van der Waals surface area contributed by atoms with Crippen LogP contribution in [0.3, 0.4) is 0 Å². The minimum atomic E-state index is 0. The molecule has 1 aromatic heterocycles. The molecule has 2 heterocycles. The molecule has 1 saturated heterocycles. The number of nitrogens with zero attached hydrogens (tertiary/aromatic N) is 3. The minimum Gasteiger partial charge on any atom is -0.494 e. The van der Waals surface area contributed by atoms with Crippen molar-refractivity contribution in [2.75, 3.05) is 38.2 Å². The average molecular weight is 523 g/mol. The van der Waals surface area contributed by atoms with Gasteiger partial charge in [0.05, 0.1) is 6.61 Å². The van der Waals surface area contributed by atoms with E-state index in [0.717, 1.165) is 55.1 Å². The summed E-state index contributed by atoms with van der Waals surface area (Å²) < 4.78 is 5.71. The van der Waals surface area contributed by atoms with Crippen LogP contribution in [0.15, 0.2) is 53.7 Å². The Bertz CT molecular complexity index is 746. The van der Waals surface area contributed by atoms with E-state index in [2.05, 4.69) is 44.6 Å². The fourth-order valence-corrected chi connectivity index (χ4v) is 3.34. The van der Waals surface area contributed by atoms with Gasteiger partial charge in [-0.05, 0) is 48.9 Å². The van der Waals surface area contributed by atoms with Crippen molar-refractivity contribution < 1.29 is 4.74 Å². The van der Waals surface area contributed by atoms with Crippen LogP contribution in [0.2, 0.25) is 0 Å². The van der Waals surface area contributed by atoms with Gasteiger partial charge in [0.2, 0.25) is 0 Å². The summed E-state index contributed by atoms with van der Waals surface area (Å²) in [6, 6.07) is 14.2. The molecular weight excluding hydrogens is 489 g/mol. The summed E-state index contributed by atoms with van der Waals surface area (Å²) in [7, 11) is 1.79. The molecular formula is C23H34IN5O. The van der Waals surface area contributed by atoms with E-state index in [1.807, 2.05) is 36.5 Å². The number of hydrogen-bond donors (Lipinski definition) is 2. The Labute approximate surface area is 197 Å². The highest BCUT2D eigenvalue weighted by Gasteiger charge is 2.16. The van der Waals surface area contributed by atoms with Crippen LogP contribution in [-0.4, -0.2) is 44.2 Å². The van der Waals surface area contributed by atoms with Gasteiger partial charge >= 0.3 is 0 Å². The van der Waals surface area contributed by atoms with Crippen LogP contribution in [0.4, 0.5) is 5.82 Å². The quantitative estimate of drug-likeness (QED) is 0.237. The van der Waals surface area contributed by atoms with E-state index < -0.39 is 0 Å². The van der Waals surface area contributed by atoms with Crippen LogP contribution < -0.4 is 20.3 Å². The zero-order valence-corrected chi connectivity index (χ0v) is 20.3. The fourth-order valence-electron chi connectivity index (χ4n) is 3.34. The van der Waals surface area contributed by atoms with Crippen LogP contribution in [0.25, 0.3) is 0 Å². The van der Waals surface area contributed by atoms with Gasteiger partial charge in [-0.25, -0.2) is 4.98 Å². The van der Waals surface area contributed by atoms with E-state index in [9.17, 15) is 0 Å². The molecule has 7 heteroatoms. The highest BCUT2D eigenvalue weighted by atomic mass is 127. The predicted octanol–water partition coefficient (Wildman–Crippen LogP) is 4.07. The third kappa shape index (κ3) is 8.01. The van der Waals surface area contributed by atoms with Gasteiger partial charge in [-0.2, -0.15) is 0 Å². The summed E-state index contributed by atoms with van der Waals surface area (Å²) in [5, 5.41) is 6.67. The Kier molecular flexibility index (Phi) is 10.8. The molecule has 0 bridgehead atoms. The maximum Gasteiger partial charge on any atom is 0.191 e. The Morgan fingerprint density at radius 1 is 1.13 bits per heavy atom. The number of halogens is 1. The lowest BCUT2D eigenvalue weighted by Crippen LogP contribution is -2.37. The van der Waals surface area contributed by atoms with Crippen LogP contribution >= 0.6 is 24.0 Å². The normalized spacial score (nSPS) is 14.7. The summed E-state index contributed by atoms with van der Waals surface area (Å²) in [6.07, 6.45) is 5.37. The third-order valence-electron chi connectivity index (χ3n) is 5.23. The van der Waals surface area contributed by atoms with Crippen LogP contribution in [0.1, 0.15) is 31.7 Å². The van der Waals surface area contributed by atoms with Crippen molar-refractivity contribution in [2.45, 2.75) is 32.7 Å². The first-order chi connectivity index (χ1) is 14.2. The number of ether oxygens (including phenoxy) is 1. The SMILES string of the molecule is CN=C(NCCCOc1ccccc1)NCc1ccc(N2CCC(C)CC2)nc1.I. The summed E-state index contributed by atoms with van der Waals surface area (Å²) in [5.41, 5.74) is 1.15.